The average molecular weight is 585 g/mol. The van der Waals surface area contributed by atoms with E-state index >= 15 is 0 Å². The van der Waals surface area contributed by atoms with Crippen molar-refractivity contribution in [2.24, 2.45) is 0 Å². The zero-order valence-electron chi connectivity index (χ0n) is 23.5. The summed E-state index contributed by atoms with van der Waals surface area (Å²) in [5, 5.41) is 2.36. The number of hydrogen-bond acceptors (Lipinski definition) is 7. The molecule has 0 bridgehead atoms. The Morgan fingerprint density at radius 3 is 2.31 bits per heavy atom. The summed E-state index contributed by atoms with van der Waals surface area (Å²) in [6, 6.07) is 22.6. The molecule has 3 aromatic carbocycles. The molecule has 0 aromatic heterocycles. The Bertz CT molecular complexity index is 1520. The average Bonchev–Trinajstić information content (AvgIpc) is 3.26. The van der Waals surface area contributed by atoms with Gasteiger partial charge in [0, 0.05) is 37.6 Å². The summed E-state index contributed by atoms with van der Waals surface area (Å²) in [5.41, 5.74) is 4.75. The van der Waals surface area contributed by atoms with Crippen LogP contribution in [0.3, 0.4) is 0 Å². The molecule has 10 heteroatoms. The molecule has 3 aromatic rings. The van der Waals surface area contributed by atoms with Crippen LogP contribution in [0.15, 0.2) is 77.7 Å². The van der Waals surface area contributed by atoms with Crippen molar-refractivity contribution in [1.82, 2.24) is 9.80 Å². The summed E-state index contributed by atoms with van der Waals surface area (Å²) >= 11 is 0.819. The van der Waals surface area contributed by atoms with E-state index in [1.54, 1.807) is 35.2 Å². The predicted molar refractivity (Wildman–Crippen MR) is 164 cm³/mol. The van der Waals surface area contributed by atoms with Crippen LogP contribution in [0.5, 0.6) is 5.75 Å². The highest BCUT2D eigenvalue weighted by Gasteiger charge is 2.37. The fourth-order valence-electron chi connectivity index (χ4n) is 4.70. The number of ether oxygens (including phenoxy) is 1. The molecule has 0 saturated carbocycles. The number of anilines is 2. The third-order valence-corrected chi connectivity index (χ3v) is 8.17. The van der Waals surface area contributed by atoms with Crippen LogP contribution in [0, 0.1) is 13.8 Å². The van der Waals surface area contributed by atoms with Gasteiger partial charge in [-0.2, -0.15) is 0 Å². The lowest BCUT2D eigenvalue weighted by Crippen LogP contribution is -2.51. The number of hydrogen-bond donors (Lipinski definition) is 1. The minimum absolute atomic E-state index is 0.152. The van der Waals surface area contributed by atoms with E-state index in [2.05, 4.69) is 10.2 Å². The molecule has 0 spiro atoms. The van der Waals surface area contributed by atoms with Crippen LogP contribution in [0.4, 0.5) is 16.2 Å². The van der Waals surface area contributed by atoms with Gasteiger partial charge < -0.3 is 19.9 Å². The first-order valence-corrected chi connectivity index (χ1v) is 14.5. The molecular weight excluding hydrogens is 552 g/mol. The molecule has 2 fully saturated rings. The van der Waals surface area contributed by atoms with Gasteiger partial charge in [-0.25, -0.2) is 0 Å². The smallest absolute Gasteiger partial charge is 0.294 e. The summed E-state index contributed by atoms with van der Waals surface area (Å²) in [4.78, 5) is 55.9. The van der Waals surface area contributed by atoms with Gasteiger partial charge in [-0.05, 0) is 84.8 Å². The predicted octanol–water partition coefficient (Wildman–Crippen LogP) is 4.71. The first kappa shape index (κ1) is 28.9. The fourth-order valence-corrected chi connectivity index (χ4v) is 5.54. The van der Waals surface area contributed by atoms with E-state index in [9.17, 15) is 19.2 Å². The van der Waals surface area contributed by atoms with Gasteiger partial charge >= 0.3 is 0 Å². The molecule has 2 saturated heterocycles. The van der Waals surface area contributed by atoms with Gasteiger partial charge in [0.15, 0.2) is 6.61 Å². The molecule has 4 amide bonds. The molecule has 2 aliphatic heterocycles. The number of nitrogens with one attached hydrogen (secondary N) is 1. The lowest BCUT2D eigenvalue weighted by molar-refractivity contribution is -0.136. The Hall–Kier alpha value is -4.57. The standard InChI is InChI=1S/C32H32N4O5S/c1-22-8-11-25(18-23(22)2)33-29(37)21-41-27-12-9-24(10-13-27)19-28-31(39)36(32(40)42-28)20-30(38)35-16-14-34(15-17-35)26-6-4-3-5-7-26/h3-13,18-19H,14-17,20-21H2,1-2H3,(H,33,37)/b28-19-. The highest BCUT2D eigenvalue weighted by molar-refractivity contribution is 8.18. The van der Waals surface area contributed by atoms with Crippen molar-refractivity contribution in [1.29, 1.82) is 0 Å². The molecule has 5 rings (SSSR count). The second kappa shape index (κ2) is 12.9. The lowest BCUT2D eigenvalue weighted by Gasteiger charge is -2.36. The van der Waals surface area contributed by atoms with Crippen molar-refractivity contribution < 1.29 is 23.9 Å². The van der Waals surface area contributed by atoms with Crippen LogP contribution in [0.1, 0.15) is 16.7 Å². The van der Waals surface area contributed by atoms with E-state index in [1.807, 2.05) is 62.4 Å². The van der Waals surface area contributed by atoms with Crippen LogP contribution in [0.25, 0.3) is 6.08 Å². The molecule has 2 heterocycles. The van der Waals surface area contributed by atoms with E-state index in [0.29, 0.717) is 43.2 Å². The highest BCUT2D eigenvalue weighted by Crippen LogP contribution is 2.32. The minimum atomic E-state index is -0.482. The lowest BCUT2D eigenvalue weighted by atomic mass is 10.1. The molecule has 9 nitrogen and oxygen atoms in total. The Morgan fingerprint density at radius 1 is 0.905 bits per heavy atom. The van der Waals surface area contributed by atoms with Crippen molar-refractivity contribution >= 4 is 52.2 Å². The zero-order chi connectivity index (χ0) is 29.6. The van der Waals surface area contributed by atoms with Gasteiger partial charge in [-0.1, -0.05) is 36.4 Å². The van der Waals surface area contributed by atoms with Crippen LogP contribution in [-0.2, 0) is 14.4 Å². The van der Waals surface area contributed by atoms with Gasteiger partial charge in [-0.3, -0.25) is 24.1 Å². The number of piperazine rings is 1. The van der Waals surface area contributed by atoms with Gasteiger partial charge in [0.25, 0.3) is 17.1 Å². The first-order chi connectivity index (χ1) is 20.3. The molecule has 216 valence electrons. The fraction of sp³-hybridized carbons (Fsp3) is 0.250. The van der Waals surface area contributed by atoms with Gasteiger partial charge in [0.1, 0.15) is 12.3 Å². The van der Waals surface area contributed by atoms with E-state index in [4.69, 9.17) is 4.74 Å². The Morgan fingerprint density at radius 2 is 1.62 bits per heavy atom. The number of aryl methyl sites for hydroxylation is 2. The monoisotopic (exact) mass is 584 g/mol. The molecular formula is C32H32N4O5S. The summed E-state index contributed by atoms with van der Waals surface area (Å²) in [6.45, 7) is 6.00. The van der Waals surface area contributed by atoms with E-state index in [-0.39, 0.29) is 29.9 Å². The molecule has 1 N–H and O–H groups in total. The summed E-state index contributed by atoms with van der Waals surface area (Å²) in [6.07, 6.45) is 1.62. The number of para-hydroxylation sites is 1. The molecule has 0 aliphatic carbocycles. The normalized spacial score (nSPS) is 16.2. The summed E-state index contributed by atoms with van der Waals surface area (Å²) in [7, 11) is 0. The first-order valence-electron chi connectivity index (χ1n) is 13.7. The maximum Gasteiger partial charge on any atom is 0.294 e. The molecule has 0 atom stereocenters. The van der Waals surface area contributed by atoms with Gasteiger partial charge in [0.05, 0.1) is 4.91 Å². The molecule has 0 radical (unpaired) electrons. The number of thioether (sulfide) groups is 1. The summed E-state index contributed by atoms with van der Waals surface area (Å²) < 4.78 is 5.59. The Labute approximate surface area is 249 Å². The number of benzene rings is 3. The van der Waals surface area contributed by atoms with Crippen LogP contribution in [0.2, 0.25) is 0 Å². The minimum Gasteiger partial charge on any atom is -0.484 e. The number of carbonyl (C=O) groups is 4. The third-order valence-electron chi connectivity index (χ3n) is 7.26. The number of carbonyl (C=O) groups excluding carboxylic acids is 4. The molecule has 42 heavy (non-hydrogen) atoms. The quantitative estimate of drug-likeness (QED) is 0.383. The molecule has 2 aliphatic rings. The number of amides is 4. The van der Waals surface area contributed by atoms with Crippen molar-refractivity contribution in [2.45, 2.75) is 13.8 Å². The molecule has 0 unspecified atom stereocenters. The topological polar surface area (TPSA) is 99.3 Å². The van der Waals surface area contributed by atoms with E-state index in [0.717, 1.165) is 33.5 Å². The number of rotatable bonds is 8. The second-order valence-corrected chi connectivity index (χ2v) is 11.2. The number of nitrogens with zero attached hydrogens (tertiary/aromatic N) is 3. The van der Waals surface area contributed by atoms with Crippen LogP contribution >= 0.6 is 11.8 Å². The van der Waals surface area contributed by atoms with Crippen molar-refractivity contribution in [2.75, 3.05) is 49.5 Å². The third kappa shape index (κ3) is 7.01. The Kier molecular flexibility index (Phi) is 8.92. The van der Waals surface area contributed by atoms with Crippen LogP contribution < -0.4 is 15.0 Å². The van der Waals surface area contributed by atoms with Crippen molar-refractivity contribution in [3.05, 3.63) is 94.4 Å². The van der Waals surface area contributed by atoms with E-state index in [1.165, 1.54) is 0 Å². The summed E-state index contributed by atoms with van der Waals surface area (Å²) in [5.74, 6) is -0.504. The Balaban J connectivity index is 1.11. The number of imide groups is 1. The van der Waals surface area contributed by atoms with Crippen LogP contribution in [-0.4, -0.2) is 72.1 Å². The zero-order valence-corrected chi connectivity index (χ0v) is 24.4. The van der Waals surface area contributed by atoms with Crippen molar-refractivity contribution in [3.8, 4) is 5.75 Å². The van der Waals surface area contributed by atoms with Gasteiger partial charge in [0.2, 0.25) is 5.91 Å². The van der Waals surface area contributed by atoms with Crippen molar-refractivity contribution in [3.63, 3.8) is 0 Å². The highest BCUT2D eigenvalue weighted by atomic mass is 32.2. The maximum absolute atomic E-state index is 13.0. The SMILES string of the molecule is Cc1ccc(NC(=O)COc2ccc(/C=C3\SC(=O)N(CC(=O)N4CCN(c5ccccc5)CC4)C3=O)cc2)cc1C. The second-order valence-electron chi connectivity index (χ2n) is 10.2. The van der Waals surface area contributed by atoms with Gasteiger partial charge in [-0.15, -0.1) is 0 Å². The van der Waals surface area contributed by atoms with E-state index < -0.39 is 11.1 Å². The maximum atomic E-state index is 13.0. The largest absolute Gasteiger partial charge is 0.484 e.